The summed E-state index contributed by atoms with van der Waals surface area (Å²) in [7, 11) is 0. The third kappa shape index (κ3) is 4.92. The van der Waals surface area contributed by atoms with Gasteiger partial charge in [-0.05, 0) is 56.2 Å². The molecule has 0 atom stereocenters. The van der Waals surface area contributed by atoms with Crippen LogP contribution in [0, 0.1) is 26.6 Å². The molecule has 2 aromatic carbocycles. The molecule has 27 heavy (non-hydrogen) atoms. The Kier molecular flexibility index (Phi) is 5.86. The van der Waals surface area contributed by atoms with Gasteiger partial charge in [0.05, 0.1) is 23.6 Å². The van der Waals surface area contributed by atoms with E-state index in [1.54, 1.807) is 12.1 Å². The molecule has 3 aromatic rings. The quantitative estimate of drug-likeness (QED) is 0.639. The SMILES string of the molecule is Cc1ccc(CNC(=S)Nc2c(C)nn(Cc3ccc(F)cc3)c2C)cc1. The molecule has 2 N–H and O–H groups in total. The van der Waals surface area contributed by atoms with Crippen molar-refractivity contribution in [2.75, 3.05) is 5.32 Å². The molecule has 0 fully saturated rings. The molecule has 3 rings (SSSR count). The lowest BCUT2D eigenvalue weighted by molar-refractivity contribution is 0.622. The number of aryl methyl sites for hydroxylation is 2. The number of anilines is 1. The van der Waals surface area contributed by atoms with Gasteiger partial charge in [0.1, 0.15) is 5.82 Å². The largest absolute Gasteiger partial charge is 0.358 e. The fraction of sp³-hybridized carbons (Fsp3) is 0.238. The molecule has 1 aromatic heterocycles. The van der Waals surface area contributed by atoms with E-state index in [-0.39, 0.29) is 5.82 Å². The summed E-state index contributed by atoms with van der Waals surface area (Å²) < 4.78 is 15.0. The van der Waals surface area contributed by atoms with Crippen LogP contribution in [0.2, 0.25) is 0 Å². The van der Waals surface area contributed by atoms with Gasteiger partial charge in [-0.1, -0.05) is 42.0 Å². The standard InChI is InChI=1S/C21H23FN4S/c1-14-4-6-17(7-5-14)12-23-21(27)24-20-15(2)25-26(16(20)3)13-18-8-10-19(22)11-9-18/h4-11H,12-13H2,1-3H3,(H2,23,24,27). The molecule has 0 bridgehead atoms. The molecule has 0 radical (unpaired) electrons. The number of nitrogens with one attached hydrogen (secondary N) is 2. The van der Waals surface area contributed by atoms with Crippen LogP contribution in [0.3, 0.4) is 0 Å². The van der Waals surface area contributed by atoms with Gasteiger partial charge >= 0.3 is 0 Å². The molecule has 0 saturated carbocycles. The van der Waals surface area contributed by atoms with E-state index in [2.05, 4.69) is 46.9 Å². The molecule has 0 amide bonds. The van der Waals surface area contributed by atoms with Crippen LogP contribution in [-0.2, 0) is 13.1 Å². The summed E-state index contributed by atoms with van der Waals surface area (Å²) in [6, 6.07) is 14.8. The van der Waals surface area contributed by atoms with Crippen molar-refractivity contribution in [1.82, 2.24) is 15.1 Å². The van der Waals surface area contributed by atoms with E-state index < -0.39 is 0 Å². The summed E-state index contributed by atoms with van der Waals surface area (Å²) in [6.45, 7) is 7.25. The number of hydrogen-bond donors (Lipinski definition) is 2. The second-order valence-electron chi connectivity index (χ2n) is 6.62. The van der Waals surface area contributed by atoms with E-state index >= 15 is 0 Å². The lowest BCUT2D eigenvalue weighted by Gasteiger charge is -2.11. The summed E-state index contributed by atoms with van der Waals surface area (Å²) in [6.07, 6.45) is 0. The Hall–Kier alpha value is -2.73. The third-order valence-corrected chi connectivity index (χ3v) is 4.69. The van der Waals surface area contributed by atoms with Crippen LogP contribution in [0.5, 0.6) is 0 Å². The van der Waals surface area contributed by atoms with Crippen LogP contribution in [0.15, 0.2) is 48.5 Å². The first-order chi connectivity index (χ1) is 12.9. The number of nitrogens with zero attached hydrogens (tertiary/aromatic N) is 2. The lowest BCUT2D eigenvalue weighted by atomic mass is 10.1. The summed E-state index contributed by atoms with van der Waals surface area (Å²) in [4.78, 5) is 0. The summed E-state index contributed by atoms with van der Waals surface area (Å²) in [5.74, 6) is -0.237. The fourth-order valence-corrected chi connectivity index (χ4v) is 3.01. The van der Waals surface area contributed by atoms with Gasteiger partial charge in [-0.15, -0.1) is 0 Å². The minimum absolute atomic E-state index is 0.237. The normalized spacial score (nSPS) is 10.7. The van der Waals surface area contributed by atoms with Gasteiger partial charge in [0.2, 0.25) is 0 Å². The smallest absolute Gasteiger partial charge is 0.171 e. The highest BCUT2D eigenvalue weighted by atomic mass is 32.1. The highest BCUT2D eigenvalue weighted by molar-refractivity contribution is 7.80. The number of benzene rings is 2. The maximum absolute atomic E-state index is 13.1. The Labute approximate surface area is 164 Å². The zero-order valence-electron chi connectivity index (χ0n) is 15.7. The second-order valence-corrected chi connectivity index (χ2v) is 7.03. The van der Waals surface area contributed by atoms with E-state index in [1.165, 1.54) is 23.3 Å². The van der Waals surface area contributed by atoms with Crippen LogP contribution in [0.1, 0.15) is 28.1 Å². The summed E-state index contributed by atoms with van der Waals surface area (Å²) in [5.41, 5.74) is 6.15. The van der Waals surface area contributed by atoms with Crippen LogP contribution in [0.25, 0.3) is 0 Å². The Morgan fingerprint density at radius 2 is 1.63 bits per heavy atom. The van der Waals surface area contributed by atoms with Crippen LogP contribution >= 0.6 is 12.2 Å². The topological polar surface area (TPSA) is 41.9 Å². The Bertz CT molecular complexity index is 930. The zero-order chi connectivity index (χ0) is 19.4. The van der Waals surface area contributed by atoms with E-state index in [4.69, 9.17) is 12.2 Å². The number of rotatable bonds is 5. The molecule has 0 saturated heterocycles. The molecule has 0 aliphatic heterocycles. The predicted molar refractivity (Wildman–Crippen MR) is 111 cm³/mol. The van der Waals surface area contributed by atoms with E-state index in [9.17, 15) is 4.39 Å². The summed E-state index contributed by atoms with van der Waals surface area (Å²) in [5, 5.41) is 11.6. The Morgan fingerprint density at radius 1 is 1.00 bits per heavy atom. The van der Waals surface area contributed by atoms with E-state index in [0.717, 1.165) is 22.6 Å². The first-order valence-corrected chi connectivity index (χ1v) is 9.22. The monoisotopic (exact) mass is 382 g/mol. The van der Waals surface area contributed by atoms with Crippen molar-refractivity contribution >= 4 is 23.0 Å². The number of hydrogen-bond acceptors (Lipinski definition) is 2. The van der Waals surface area contributed by atoms with Crippen molar-refractivity contribution < 1.29 is 4.39 Å². The first-order valence-electron chi connectivity index (χ1n) is 8.81. The minimum Gasteiger partial charge on any atom is -0.358 e. The van der Waals surface area contributed by atoms with Gasteiger partial charge in [-0.3, -0.25) is 4.68 Å². The van der Waals surface area contributed by atoms with E-state index in [0.29, 0.717) is 18.2 Å². The average Bonchev–Trinajstić information content (AvgIpc) is 2.90. The molecule has 0 spiro atoms. The van der Waals surface area contributed by atoms with Gasteiger partial charge in [0.15, 0.2) is 5.11 Å². The van der Waals surface area contributed by atoms with Crippen molar-refractivity contribution in [2.45, 2.75) is 33.9 Å². The van der Waals surface area contributed by atoms with Gasteiger partial charge in [0, 0.05) is 6.54 Å². The maximum atomic E-state index is 13.1. The van der Waals surface area contributed by atoms with Crippen molar-refractivity contribution in [1.29, 1.82) is 0 Å². The first kappa shape index (κ1) is 19.0. The van der Waals surface area contributed by atoms with Crippen molar-refractivity contribution in [3.8, 4) is 0 Å². The molecule has 140 valence electrons. The lowest BCUT2D eigenvalue weighted by Crippen LogP contribution is -2.28. The molecule has 0 unspecified atom stereocenters. The Morgan fingerprint density at radius 3 is 2.30 bits per heavy atom. The molecule has 0 aliphatic carbocycles. The van der Waals surface area contributed by atoms with Crippen molar-refractivity contribution in [3.63, 3.8) is 0 Å². The minimum atomic E-state index is -0.237. The van der Waals surface area contributed by atoms with E-state index in [1.807, 2.05) is 18.5 Å². The zero-order valence-corrected chi connectivity index (χ0v) is 16.5. The molecule has 1 heterocycles. The van der Waals surface area contributed by atoms with Gasteiger partial charge in [0.25, 0.3) is 0 Å². The molecular formula is C21H23FN4S. The van der Waals surface area contributed by atoms with Gasteiger partial charge < -0.3 is 10.6 Å². The number of aromatic nitrogens is 2. The van der Waals surface area contributed by atoms with Gasteiger partial charge in [-0.2, -0.15) is 5.10 Å². The van der Waals surface area contributed by atoms with Gasteiger partial charge in [-0.25, -0.2) is 4.39 Å². The second kappa shape index (κ2) is 8.31. The predicted octanol–water partition coefficient (Wildman–Crippen LogP) is 4.48. The average molecular weight is 383 g/mol. The third-order valence-electron chi connectivity index (χ3n) is 4.44. The molecule has 4 nitrogen and oxygen atoms in total. The van der Waals surface area contributed by atoms with Crippen LogP contribution < -0.4 is 10.6 Å². The maximum Gasteiger partial charge on any atom is 0.171 e. The Balaban J connectivity index is 1.64. The van der Waals surface area contributed by atoms with Crippen LogP contribution in [0.4, 0.5) is 10.1 Å². The number of thiocarbonyl (C=S) groups is 1. The molecule has 6 heteroatoms. The molecule has 0 aliphatic rings. The van der Waals surface area contributed by atoms with Crippen molar-refractivity contribution in [2.24, 2.45) is 0 Å². The number of halogens is 1. The summed E-state index contributed by atoms with van der Waals surface area (Å²) >= 11 is 5.43. The van der Waals surface area contributed by atoms with Crippen LogP contribution in [-0.4, -0.2) is 14.9 Å². The molecular weight excluding hydrogens is 359 g/mol. The highest BCUT2D eigenvalue weighted by Crippen LogP contribution is 2.20. The highest BCUT2D eigenvalue weighted by Gasteiger charge is 2.13. The van der Waals surface area contributed by atoms with Crippen molar-refractivity contribution in [3.05, 3.63) is 82.4 Å². The fourth-order valence-electron chi connectivity index (χ4n) is 2.84.